The summed E-state index contributed by atoms with van der Waals surface area (Å²) in [5.74, 6) is 0.873. The lowest BCUT2D eigenvalue weighted by Crippen LogP contribution is -2.35. The van der Waals surface area contributed by atoms with Crippen molar-refractivity contribution in [3.05, 3.63) is 29.3 Å². The van der Waals surface area contributed by atoms with Gasteiger partial charge in [-0.15, -0.1) is 0 Å². The molecular formula is C13H20N2O2. The maximum absolute atomic E-state index is 5.71. The minimum atomic E-state index is 0.514. The van der Waals surface area contributed by atoms with Crippen LogP contribution in [0, 0.1) is 0 Å². The highest BCUT2D eigenvalue weighted by atomic mass is 16.5. The fourth-order valence-corrected chi connectivity index (χ4v) is 2.11. The average Bonchev–Trinajstić information content (AvgIpc) is 2.40. The Morgan fingerprint density at radius 1 is 1.35 bits per heavy atom. The molecule has 1 aromatic rings. The number of morpholine rings is 1. The average molecular weight is 236 g/mol. The van der Waals surface area contributed by atoms with Crippen molar-refractivity contribution in [2.45, 2.75) is 13.1 Å². The quantitative estimate of drug-likeness (QED) is 0.847. The van der Waals surface area contributed by atoms with Crippen LogP contribution in [0.1, 0.15) is 11.1 Å². The van der Waals surface area contributed by atoms with Gasteiger partial charge in [-0.3, -0.25) is 4.90 Å². The highest BCUT2D eigenvalue weighted by molar-refractivity contribution is 5.37. The predicted octanol–water partition coefficient (Wildman–Crippen LogP) is 0.986. The fraction of sp³-hybridized carbons (Fsp3) is 0.538. The van der Waals surface area contributed by atoms with Gasteiger partial charge in [0.2, 0.25) is 0 Å². The molecule has 0 radical (unpaired) electrons. The van der Waals surface area contributed by atoms with Crippen molar-refractivity contribution in [3.8, 4) is 5.75 Å². The summed E-state index contributed by atoms with van der Waals surface area (Å²) >= 11 is 0. The highest BCUT2D eigenvalue weighted by Gasteiger charge is 2.11. The van der Waals surface area contributed by atoms with Crippen molar-refractivity contribution < 1.29 is 9.47 Å². The normalized spacial score (nSPS) is 17.1. The molecule has 0 spiro atoms. The van der Waals surface area contributed by atoms with E-state index in [0.29, 0.717) is 6.54 Å². The number of methoxy groups -OCH3 is 1. The lowest BCUT2D eigenvalue weighted by Gasteiger charge is -2.26. The Kier molecular flexibility index (Phi) is 4.36. The number of nitrogens with zero attached hydrogens (tertiary/aromatic N) is 1. The summed E-state index contributed by atoms with van der Waals surface area (Å²) in [5.41, 5.74) is 8.07. The van der Waals surface area contributed by atoms with Crippen molar-refractivity contribution in [2.75, 3.05) is 33.4 Å². The van der Waals surface area contributed by atoms with E-state index in [1.807, 2.05) is 6.07 Å². The third-order valence-electron chi connectivity index (χ3n) is 3.07. The summed E-state index contributed by atoms with van der Waals surface area (Å²) in [5, 5.41) is 0. The molecule has 1 heterocycles. The number of hydrogen-bond donors (Lipinski definition) is 1. The Bertz CT molecular complexity index is 362. The van der Waals surface area contributed by atoms with Crippen molar-refractivity contribution in [3.63, 3.8) is 0 Å². The second kappa shape index (κ2) is 6.00. The van der Waals surface area contributed by atoms with Gasteiger partial charge in [0.25, 0.3) is 0 Å². The van der Waals surface area contributed by atoms with Gasteiger partial charge in [0, 0.05) is 31.7 Å². The first-order chi connectivity index (χ1) is 8.33. The van der Waals surface area contributed by atoms with Gasteiger partial charge in [0.15, 0.2) is 0 Å². The van der Waals surface area contributed by atoms with E-state index in [4.69, 9.17) is 15.2 Å². The molecule has 94 valence electrons. The predicted molar refractivity (Wildman–Crippen MR) is 67.0 cm³/mol. The molecule has 0 bridgehead atoms. The Balaban J connectivity index is 2.05. The maximum Gasteiger partial charge on any atom is 0.123 e. The molecule has 4 heteroatoms. The van der Waals surface area contributed by atoms with Crippen LogP contribution in [0.3, 0.4) is 0 Å². The molecule has 4 nitrogen and oxygen atoms in total. The molecule has 0 amide bonds. The van der Waals surface area contributed by atoms with E-state index in [1.165, 1.54) is 5.56 Å². The molecule has 1 fully saturated rings. The summed E-state index contributed by atoms with van der Waals surface area (Å²) in [4.78, 5) is 2.39. The summed E-state index contributed by atoms with van der Waals surface area (Å²) in [6, 6.07) is 6.24. The van der Waals surface area contributed by atoms with E-state index in [9.17, 15) is 0 Å². The van der Waals surface area contributed by atoms with E-state index < -0.39 is 0 Å². The van der Waals surface area contributed by atoms with Crippen LogP contribution in [0.15, 0.2) is 18.2 Å². The van der Waals surface area contributed by atoms with Gasteiger partial charge in [0.05, 0.1) is 20.3 Å². The van der Waals surface area contributed by atoms with E-state index in [1.54, 1.807) is 7.11 Å². The standard InChI is InChI=1S/C13H20N2O2/c1-16-13-3-2-11(8-12(13)9-14)10-15-4-6-17-7-5-15/h2-3,8H,4-7,9-10,14H2,1H3. The molecule has 1 aliphatic rings. The molecule has 1 aliphatic heterocycles. The number of nitrogens with two attached hydrogens (primary N) is 1. The van der Waals surface area contributed by atoms with E-state index in [-0.39, 0.29) is 0 Å². The Hall–Kier alpha value is -1.10. The summed E-state index contributed by atoms with van der Waals surface area (Å²) in [6.45, 7) is 5.15. The van der Waals surface area contributed by atoms with Crippen LogP contribution in [0.5, 0.6) is 5.75 Å². The van der Waals surface area contributed by atoms with Crippen LogP contribution in [-0.4, -0.2) is 38.3 Å². The molecular weight excluding hydrogens is 216 g/mol. The highest BCUT2D eigenvalue weighted by Crippen LogP contribution is 2.20. The molecule has 2 N–H and O–H groups in total. The first-order valence-electron chi connectivity index (χ1n) is 5.99. The van der Waals surface area contributed by atoms with Crippen LogP contribution in [0.4, 0.5) is 0 Å². The van der Waals surface area contributed by atoms with Crippen LogP contribution >= 0.6 is 0 Å². The molecule has 17 heavy (non-hydrogen) atoms. The van der Waals surface area contributed by atoms with E-state index in [0.717, 1.165) is 44.2 Å². The van der Waals surface area contributed by atoms with Crippen molar-refractivity contribution in [1.29, 1.82) is 0 Å². The zero-order valence-electron chi connectivity index (χ0n) is 10.3. The van der Waals surface area contributed by atoms with E-state index >= 15 is 0 Å². The van der Waals surface area contributed by atoms with Gasteiger partial charge in [-0.05, 0) is 17.7 Å². The minimum absolute atomic E-state index is 0.514. The van der Waals surface area contributed by atoms with E-state index in [2.05, 4.69) is 17.0 Å². The summed E-state index contributed by atoms with van der Waals surface area (Å²) in [7, 11) is 1.68. The van der Waals surface area contributed by atoms with Gasteiger partial charge in [-0.25, -0.2) is 0 Å². The van der Waals surface area contributed by atoms with Crippen LogP contribution in [0.25, 0.3) is 0 Å². The van der Waals surface area contributed by atoms with Gasteiger partial charge in [0.1, 0.15) is 5.75 Å². The Morgan fingerprint density at radius 3 is 2.76 bits per heavy atom. The summed E-state index contributed by atoms with van der Waals surface area (Å²) < 4.78 is 10.6. The Morgan fingerprint density at radius 2 is 2.12 bits per heavy atom. The second-order valence-electron chi connectivity index (χ2n) is 4.24. The zero-order valence-corrected chi connectivity index (χ0v) is 10.3. The first kappa shape index (κ1) is 12.4. The monoisotopic (exact) mass is 236 g/mol. The van der Waals surface area contributed by atoms with Crippen LogP contribution in [0.2, 0.25) is 0 Å². The number of ether oxygens (including phenoxy) is 2. The van der Waals surface area contributed by atoms with Crippen molar-refractivity contribution in [1.82, 2.24) is 4.90 Å². The lowest BCUT2D eigenvalue weighted by molar-refractivity contribution is 0.0342. The molecule has 0 aliphatic carbocycles. The smallest absolute Gasteiger partial charge is 0.123 e. The molecule has 1 aromatic carbocycles. The molecule has 1 saturated heterocycles. The summed E-state index contributed by atoms with van der Waals surface area (Å²) in [6.07, 6.45) is 0. The van der Waals surface area contributed by atoms with Crippen LogP contribution < -0.4 is 10.5 Å². The third-order valence-corrected chi connectivity index (χ3v) is 3.07. The first-order valence-corrected chi connectivity index (χ1v) is 5.99. The Labute approximate surface area is 102 Å². The van der Waals surface area contributed by atoms with Crippen LogP contribution in [-0.2, 0) is 17.8 Å². The number of benzene rings is 1. The maximum atomic E-state index is 5.71. The van der Waals surface area contributed by atoms with Gasteiger partial charge >= 0.3 is 0 Å². The molecule has 0 unspecified atom stereocenters. The van der Waals surface area contributed by atoms with Gasteiger partial charge < -0.3 is 15.2 Å². The topological polar surface area (TPSA) is 47.7 Å². The molecule has 2 rings (SSSR count). The zero-order chi connectivity index (χ0) is 12.1. The largest absolute Gasteiger partial charge is 0.496 e. The fourth-order valence-electron chi connectivity index (χ4n) is 2.11. The van der Waals surface area contributed by atoms with Crippen molar-refractivity contribution in [2.24, 2.45) is 5.73 Å². The number of hydrogen-bond acceptors (Lipinski definition) is 4. The molecule has 0 atom stereocenters. The number of rotatable bonds is 4. The molecule has 0 aromatic heterocycles. The molecule has 0 saturated carbocycles. The second-order valence-corrected chi connectivity index (χ2v) is 4.24. The SMILES string of the molecule is COc1ccc(CN2CCOCC2)cc1CN. The van der Waals surface area contributed by atoms with Gasteiger partial charge in [-0.1, -0.05) is 6.07 Å². The minimum Gasteiger partial charge on any atom is -0.496 e. The van der Waals surface area contributed by atoms with Gasteiger partial charge in [-0.2, -0.15) is 0 Å². The third kappa shape index (κ3) is 3.19. The van der Waals surface area contributed by atoms with Crippen molar-refractivity contribution >= 4 is 0 Å². The lowest BCUT2D eigenvalue weighted by atomic mass is 10.1.